The summed E-state index contributed by atoms with van der Waals surface area (Å²) in [4.78, 5) is 19.3. The van der Waals surface area contributed by atoms with Crippen LogP contribution in [0.4, 0.5) is 11.6 Å². The highest BCUT2D eigenvalue weighted by atomic mass is 35.5. The van der Waals surface area contributed by atoms with E-state index in [9.17, 15) is 0 Å². The van der Waals surface area contributed by atoms with Gasteiger partial charge in [-0.2, -0.15) is 4.98 Å². The molecule has 0 aliphatic carbocycles. The summed E-state index contributed by atoms with van der Waals surface area (Å²) in [7, 11) is 3.09. The lowest BCUT2D eigenvalue weighted by Gasteiger charge is -2.26. The molecule has 1 N–H and O–H groups in total. The Kier molecular flexibility index (Phi) is 7.35. The third-order valence-electron chi connectivity index (χ3n) is 5.04. The molecule has 0 spiro atoms. The second-order valence-electron chi connectivity index (χ2n) is 7.08. The zero-order chi connectivity index (χ0) is 22.3. The van der Waals surface area contributed by atoms with Crippen molar-refractivity contribution in [1.29, 1.82) is 0 Å². The Hall–Kier alpha value is -2.95. The van der Waals surface area contributed by atoms with E-state index in [1.165, 1.54) is 19.6 Å². The molecule has 11 heteroatoms. The average Bonchev–Trinajstić information content (AvgIpc) is 2.83. The number of nitrogens with one attached hydrogen (secondary N) is 1. The summed E-state index contributed by atoms with van der Waals surface area (Å²) < 4.78 is 22.0. The lowest BCUT2D eigenvalue weighted by molar-refractivity contribution is 0.0357. The second-order valence-corrected chi connectivity index (χ2v) is 7.48. The smallest absolute Gasteiger partial charge is 0.318 e. The predicted octanol–water partition coefficient (Wildman–Crippen LogP) is 2.94. The van der Waals surface area contributed by atoms with Gasteiger partial charge in [-0.05, 0) is 12.5 Å². The molecule has 1 aliphatic rings. The average molecular weight is 461 g/mol. The maximum Gasteiger partial charge on any atom is 0.318 e. The summed E-state index contributed by atoms with van der Waals surface area (Å²) in [5, 5.41) is 4.20. The van der Waals surface area contributed by atoms with E-state index in [2.05, 4.69) is 30.2 Å². The van der Waals surface area contributed by atoms with E-state index in [0.29, 0.717) is 40.3 Å². The molecular weight excluding hydrogens is 436 g/mol. The molecule has 32 heavy (non-hydrogen) atoms. The minimum Gasteiger partial charge on any atom is -0.493 e. The van der Waals surface area contributed by atoms with E-state index in [0.717, 1.165) is 44.7 Å². The van der Waals surface area contributed by atoms with Crippen molar-refractivity contribution in [2.75, 3.05) is 59.0 Å². The van der Waals surface area contributed by atoms with Gasteiger partial charge in [0.25, 0.3) is 0 Å². The number of rotatable bonds is 9. The van der Waals surface area contributed by atoms with Crippen LogP contribution in [0.15, 0.2) is 24.7 Å². The highest BCUT2D eigenvalue weighted by molar-refractivity contribution is 6.32. The van der Waals surface area contributed by atoms with Crippen LogP contribution in [-0.4, -0.2) is 78.5 Å². The van der Waals surface area contributed by atoms with Crippen molar-refractivity contribution >= 4 is 34.1 Å². The molecule has 10 nitrogen and oxygen atoms in total. The van der Waals surface area contributed by atoms with Crippen molar-refractivity contribution in [3.8, 4) is 17.5 Å². The minimum atomic E-state index is 0.195. The number of anilines is 2. The molecule has 4 rings (SSSR count). The molecular formula is C21H25ClN6O4. The Labute approximate surface area is 190 Å². The van der Waals surface area contributed by atoms with Gasteiger partial charge in [-0.25, -0.2) is 15.0 Å². The van der Waals surface area contributed by atoms with Crippen LogP contribution < -0.4 is 19.5 Å². The summed E-state index contributed by atoms with van der Waals surface area (Å²) in [6.45, 7) is 5.07. The number of hydrogen-bond donors (Lipinski definition) is 1. The molecule has 0 atom stereocenters. The van der Waals surface area contributed by atoms with Crippen molar-refractivity contribution in [2.24, 2.45) is 0 Å². The van der Waals surface area contributed by atoms with Crippen LogP contribution in [0.2, 0.25) is 5.02 Å². The van der Waals surface area contributed by atoms with Gasteiger partial charge in [0, 0.05) is 31.1 Å². The molecule has 170 valence electrons. The Balaban J connectivity index is 1.50. The van der Waals surface area contributed by atoms with Crippen LogP contribution in [0.5, 0.6) is 17.5 Å². The van der Waals surface area contributed by atoms with Gasteiger partial charge in [0.05, 0.1) is 45.8 Å². The number of methoxy groups -OCH3 is 2. The number of hydrogen-bond acceptors (Lipinski definition) is 10. The molecule has 0 amide bonds. The van der Waals surface area contributed by atoms with Gasteiger partial charge in [0.1, 0.15) is 17.2 Å². The van der Waals surface area contributed by atoms with Crippen molar-refractivity contribution in [2.45, 2.75) is 6.42 Å². The van der Waals surface area contributed by atoms with E-state index in [4.69, 9.17) is 30.5 Å². The molecule has 1 aliphatic heterocycles. The normalized spacial score (nSPS) is 14.3. The van der Waals surface area contributed by atoms with Crippen molar-refractivity contribution < 1.29 is 18.9 Å². The standard InChI is InChI=1S/C21H25ClN6O4/c1-29-17-10-14-16(11-18(17)32-7-3-4-28-5-8-31-9-6-28)24-13-25-19(14)26-20-15(22)12-23-21(27-20)30-2/h10-13H,3-9H2,1-2H3,(H,23,24,25,26,27). The number of nitrogens with zero attached hydrogens (tertiary/aromatic N) is 5. The molecule has 3 aromatic rings. The van der Waals surface area contributed by atoms with Gasteiger partial charge in [-0.1, -0.05) is 11.6 Å². The van der Waals surface area contributed by atoms with Crippen LogP contribution in [0.3, 0.4) is 0 Å². The number of ether oxygens (including phenoxy) is 4. The Morgan fingerprint density at radius 2 is 1.91 bits per heavy atom. The van der Waals surface area contributed by atoms with E-state index in [1.807, 2.05) is 12.1 Å². The quantitative estimate of drug-likeness (QED) is 0.479. The van der Waals surface area contributed by atoms with Crippen LogP contribution in [0.25, 0.3) is 10.9 Å². The SMILES string of the molecule is COc1ncc(Cl)c(Nc2ncnc3cc(OCCCN4CCOCC4)c(OC)cc23)n1. The lowest BCUT2D eigenvalue weighted by atomic mass is 10.2. The van der Waals surface area contributed by atoms with Gasteiger partial charge >= 0.3 is 6.01 Å². The zero-order valence-corrected chi connectivity index (χ0v) is 18.8. The highest BCUT2D eigenvalue weighted by Crippen LogP contribution is 2.35. The van der Waals surface area contributed by atoms with Gasteiger partial charge in [0.15, 0.2) is 17.3 Å². The first-order valence-electron chi connectivity index (χ1n) is 10.3. The molecule has 1 aromatic carbocycles. The fourth-order valence-electron chi connectivity index (χ4n) is 3.38. The Morgan fingerprint density at radius 3 is 2.69 bits per heavy atom. The molecule has 2 aromatic heterocycles. The topological polar surface area (TPSA) is 104 Å². The lowest BCUT2D eigenvalue weighted by Crippen LogP contribution is -2.37. The molecule has 1 saturated heterocycles. The summed E-state index contributed by atoms with van der Waals surface area (Å²) in [5.74, 6) is 2.12. The number of halogens is 1. The number of morpholine rings is 1. The van der Waals surface area contributed by atoms with E-state index >= 15 is 0 Å². The van der Waals surface area contributed by atoms with Crippen LogP contribution >= 0.6 is 11.6 Å². The number of fused-ring (bicyclic) bond motifs is 1. The molecule has 0 saturated carbocycles. The first kappa shape index (κ1) is 22.3. The third kappa shape index (κ3) is 5.26. The third-order valence-corrected chi connectivity index (χ3v) is 5.32. The summed E-state index contributed by atoms with van der Waals surface area (Å²) in [6, 6.07) is 3.87. The van der Waals surface area contributed by atoms with Crippen molar-refractivity contribution in [3.05, 3.63) is 29.7 Å². The second kappa shape index (κ2) is 10.6. The maximum absolute atomic E-state index is 6.22. The highest BCUT2D eigenvalue weighted by Gasteiger charge is 2.15. The van der Waals surface area contributed by atoms with Crippen LogP contribution in [0.1, 0.15) is 6.42 Å². The molecule has 0 bridgehead atoms. The Morgan fingerprint density at radius 1 is 1.06 bits per heavy atom. The monoisotopic (exact) mass is 460 g/mol. The van der Waals surface area contributed by atoms with Crippen molar-refractivity contribution in [1.82, 2.24) is 24.8 Å². The van der Waals surface area contributed by atoms with E-state index in [-0.39, 0.29) is 6.01 Å². The van der Waals surface area contributed by atoms with E-state index in [1.54, 1.807) is 7.11 Å². The van der Waals surface area contributed by atoms with Gasteiger partial charge in [-0.15, -0.1) is 0 Å². The summed E-state index contributed by atoms with van der Waals surface area (Å²) in [5.41, 5.74) is 0.698. The number of aromatic nitrogens is 4. The predicted molar refractivity (Wildman–Crippen MR) is 120 cm³/mol. The molecule has 0 radical (unpaired) electrons. The molecule has 1 fully saturated rings. The Bertz CT molecular complexity index is 1060. The summed E-state index contributed by atoms with van der Waals surface area (Å²) in [6.07, 6.45) is 3.83. The van der Waals surface area contributed by atoms with Crippen molar-refractivity contribution in [3.63, 3.8) is 0 Å². The van der Waals surface area contributed by atoms with E-state index < -0.39 is 0 Å². The largest absolute Gasteiger partial charge is 0.493 e. The molecule has 3 heterocycles. The maximum atomic E-state index is 6.22. The first-order valence-corrected chi connectivity index (χ1v) is 10.6. The zero-order valence-electron chi connectivity index (χ0n) is 18.0. The van der Waals surface area contributed by atoms with Gasteiger partial charge in [0.2, 0.25) is 0 Å². The van der Waals surface area contributed by atoms with Crippen LogP contribution in [0, 0.1) is 0 Å². The summed E-state index contributed by atoms with van der Waals surface area (Å²) >= 11 is 6.22. The van der Waals surface area contributed by atoms with Crippen LogP contribution in [-0.2, 0) is 4.74 Å². The minimum absolute atomic E-state index is 0.195. The van der Waals surface area contributed by atoms with Gasteiger partial charge in [-0.3, -0.25) is 4.90 Å². The molecule has 0 unspecified atom stereocenters. The van der Waals surface area contributed by atoms with Gasteiger partial charge < -0.3 is 24.3 Å². The fraction of sp³-hybridized carbons (Fsp3) is 0.429. The number of benzene rings is 1. The fourth-order valence-corrected chi connectivity index (χ4v) is 3.52. The first-order chi connectivity index (χ1) is 15.7.